The van der Waals surface area contributed by atoms with Crippen molar-refractivity contribution in [1.29, 1.82) is 0 Å². The Kier molecular flexibility index (Phi) is 4.79. The molecule has 23 heavy (non-hydrogen) atoms. The fourth-order valence-electron chi connectivity index (χ4n) is 3.93. The first-order valence-electron chi connectivity index (χ1n) is 8.93. The molecule has 0 radical (unpaired) electrons. The summed E-state index contributed by atoms with van der Waals surface area (Å²) in [6.07, 6.45) is 9.12. The lowest BCUT2D eigenvalue weighted by atomic mass is 9.74. The number of allylic oxidation sites excluding steroid dienone is 2. The Morgan fingerprint density at radius 3 is 2.91 bits per heavy atom. The molecule has 2 aliphatic rings. The number of hydrogen-bond donors (Lipinski definition) is 1. The van der Waals surface area contributed by atoms with Crippen molar-refractivity contribution in [3.8, 4) is 11.5 Å². The summed E-state index contributed by atoms with van der Waals surface area (Å²) in [7, 11) is 0. The predicted octanol–water partition coefficient (Wildman–Crippen LogP) is 5.51. The van der Waals surface area contributed by atoms with Crippen LogP contribution in [0.2, 0.25) is 0 Å². The molecule has 1 aromatic carbocycles. The standard InChI is InChI=1S/C21H28O2/c1-4-5-6-7-16-11-19(22)21-18-10-14(2)8-9-17(18)15(3)13-23-20(21)12-16/h10-12,17-18,22H,3-9,13H2,1-2H3/t17-,18?/m0/s1. The van der Waals surface area contributed by atoms with E-state index in [2.05, 4.69) is 32.6 Å². The summed E-state index contributed by atoms with van der Waals surface area (Å²) >= 11 is 0. The van der Waals surface area contributed by atoms with E-state index in [0.29, 0.717) is 18.3 Å². The molecule has 0 aromatic heterocycles. The third-order valence-corrected chi connectivity index (χ3v) is 5.27. The van der Waals surface area contributed by atoms with Gasteiger partial charge in [-0.3, -0.25) is 0 Å². The first-order valence-corrected chi connectivity index (χ1v) is 8.93. The molecule has 1 aliphatic heterocycles. The summed E-state index contributed by atoms with van der Waals surface area (Å²) in [5, 5.41) is 10.7. The second kappa shape index (κ2) is 6.82. The number of fused-ring (bicyclic) bond motifs is 3. The fraction of sp³-hybridized carbons (Fsp3) is 0.524. The highest BCUT2D eigenvalue weighted by atomic mass is 16.5. The normalized spacial score (nSPS) is 23.4. The van der Waals surface area contributed by atoms with E-state index in [1.807, 2.05) is 6.07 Å². The molecule has 1 unspecified atom stereocenters. The first-order chi connectivity index (χ1) is 11.1. The van der Waals surface area contributed by atoms with E-state index < -0.39 is 0 Å². The third-order valence-electron chi connectivity index (χ3n) is 5.27. The van der Waals surface area contributed by atoms with Gasteiger partial charge in [0.05, 0.1) is 0 Å². The zero-order valence-electron chi connectivity index (χ0n) is 14.4. The maximum atomic E-state index is 10.7. The molecular formula is C21H28O2. The molecule has 0 bridgehead atoms. The number of unbranched alkanes of at least 4 members (excludes halogenated alkanes) is 2. The lowest BCUT2D eigenvalue weighted by Crippen LogP contribution is -2.17. The van der Waals surface area contributed by atoms with Gasteiger partial charge in [-0.2, -0.15) is 0 Å². The van der Waals surface area contributed by atoms with Crippen LogP contribution in [0.15, 0.2) is 35.9 Å². The van der Waals surface area contributed by atoms with E-state index in [9.17, 15) is 5.11 Å². The molecular weight excluding hydrogens is 284 g/mol. The Morgan fingerprint density at radius 2 is 2.13 bits per heavy atom. The fourth-order valence-corrected chi connectivity index (χ4v) is 3.93. The highest BCUT2D eigenvalue weighted by molar-refractivity contribution is 5.53. The van der Waals surface area contributed by atoms with Gasteiger partial charge in [-0.25, -0.2) is 0 Å². The largest absolute Gasteiger partial charge is 0.507 e. The Balaban J connectivity index is 1.98. The van der Waals surface area contributed by atoms with Crippen LogP contribution in [0.4, 0.5) is 0 Å². The Labute approximate surface area is 139 Å². The predicted molar refractivity (Wildman–Crippen MR) is 95.2 cm³/mol. The number of hydrogen-bond acceptors (Lipinski definition) is 2. The van der Waals surface area contributed by atoms with E-state index in [1.54, 1.807) is 0 Å². The van der Waals surface area contributed by atoms with Gasteiger partial charge >= 0.3 is 0 Å². The van der Waals surface area contributed by atoms with Crippen LogP contribution in [0.1, 0.15) is 63.0 Å². The van der Waals surface area contributed by atoms with Gasteiger partial charge in [0.2, 0.25) is 0 Å². The zero-order chi connectivity index (χ0) is 16.4. The first kappa shape index (κ1) is 16.2. The number of aryl methyl sites for hydroxylation is 1. The average Bonchev–Trinajstić information content (AvgIpc) is 2.65. The molecule has 0 fully saturated rings. The minimum Gasteiger partial charge on any atom is -0.507 e. The van der Waals surface area contributed by atoms with Crippen LogP contribution >= 0.6 is 0 Å². The van der Waals surface area contributed by atoms with Gasteiger partial charge < -0.3 is 9.84 Å². The zero-order valence-corrected chi connectivity index (χ0v) is 14.4. The van der Waals surface area contributed by atoms with Crippen molar-refractivity contribution in [1.82, 2.24) is 0 Å². The van der Waals surface area contributed by atoms with Gasteiger partial charge in [-0.1, -0.05) is 38.0 Å². The number of ether oxygens (including phenoxy) is 1. The third kappa shape index (κ3) is 3.31. The maximum absolute atomic E-state index is 10.7. The van der Waals surface area contributed by atoms with Crippen molar-refractivity contribution in [2.24, 2.45) is 5.92 Å². The number of benzene rings is 1. The summed E-state index contributed by atoms with van der Waals surface area (Å²) in [6, 6.07) is 4.08. The monoisotopic (exact) mass is 312 g/mol. The van der Waals surface area contributed by atoms with Gasteiger partial charge in [0.15, 0.2) is 0 Å². The number of phenolic OH excluding ortho intramolecular Hbond substituents is 1. The van der Waals surface area contributed by atoms with E-state index >= 15 is 0 Å². The Bertz CT molecular complexity index is 627. The second-order valence-electron chi connectivity index (χ2n) is 7.11. The van der Waals surface area contributed by atoms with Crippen molar-refractivity contribution in [3.05, 3.63) is 47.1 Å². The molecule has 1 heterocycles. The van der Waals surface area contributed by atoms with Crippen LogP contribution in [-0.4, -0.2) is 11.7 Å². The summed E-state index contributed by atoms with van der Waals surface area (Å²) in [5.41, 5.74) is 4.70. The maximum Gasteiger partial charge on any atom is 0.127 e. The lowest BCUT2D eigenvalue weighted by molar-refractivity contribution is 0.341. The van der Waals surface area contributed by atoms with Crippen LogP contribution in [0.25, 0.3) is 0 Å². The van der Waals surface area contributed by atoms with Crippen molar-refractivity contribution in [2.45, 2.75) is 58.3 Å². The van der Waals surface area contributed by atoms with Crippen LogP contribution in [-0.2, 0) is 6.42 Å². The highest BCUT2D eigenvalue weighted by Crippen LogP contribution is 2.48. The van der Waals surface area contributed by atoms with Crippen LogP contribution in [0.5, 0.6) is 11.5 Å². The van der Waals surface area contributed by atoms with Crippen LogP contribution in [0, 0.1) is 5.92 Å². The highest BCUT2D eigenvalue weighted by Gasteiger charge is 2.34. The van der Waals surface area contributed by atoms with Crippen molar-refractivity contribution in [2.75, 3.05) is 6.61 Å². The molecule has 0 spiro atoms. The van der Waals surface area contributed by atoms with Crippen molar-refractivity contribution < 1.29 is 9.84 Å². The molecule has 2 nitrogen and oxygen atoms in total. The van der Waals surface area contributed by atoms with Crippen molar-refractivity contribution in [3.63, 3.8) is 0 Å². The van der Waals surface area contributed by atoms with Gasteiger partial charge in [-0.05, 0) is 61.8 Å². The number of phenols is 1. The molecule has 1 aromatic rings. The topological polar surface area (TPSA) is 29.5 Å². The van der Waals surface area contributed by atoms with E-state index in [-0.39, 0.29) is 5.92 Å². The van der Waals surface area contributed by atoms with Crippen LogP contribution < -0.4 is 4.74 Å². The molecule has 2 atom stereocenters. The van der Waals surface area contributed by atoms with Crippen LogP contribution in [0.3, 0.4) is 0 Å². The number of rotatable bonds is 4. The van der Waals surface area contributed by atoms with Gasteiger partial charge in [0.25, 0.3) is 0 Å². The molecule has 1 N–H and O–H groups in total. The summed E-state index contributed by atoms with van der Waals surface area (Å²) in [4.78, 5) is 0. The quantitative estimate of drug-likeness (QED) is 0.586. The van der Waals surface area contributed by atoms with E-state index in [4.69, 9.17) is 4.74 Å². The van der Waals surface area contributed by atoms with Gasteiger partial charge in [-0.15, -0.1) is 0 Å². The Hall–Kier alpha value is -1.70. The molecule has 3 rings (SSSR count). The van der Waals surface area contributed by atoms with Gasteiger partial charge in [0, 0.05) is 11.5 Å². The van der Waals surface area contributed by atoms with Gasteiger partial charge in [0.1, 0.15) is 18.1 Å². The number of aromatic hydroxyl groups is 1. The molecule has 0 amide bonds. The average molecular weight is 312 g/mol. The molecule has 124 valence electrons. The minimum atomic E-state index is 0.207. The smallest absolute Gasteiger partial charge is 0.127 e. The van der Waals surface area contributed by atoms with Crippen molar-refractivity contribution >= 4 is 0 Å². The minimum absolute atomic E-state index is 0.207. The van der Waals surface area contributed by atoms with E-state index in [0.717, 1.165) is 42.6 Å². The Morgan fingerprint density at radius 1 is 1.30 bits per heavy atom. The SMILES string of the molecule is C=C1COc2cc(CCCCC)cc(O)c2C2C=C(C)CC[C@@H]12. The summed E-state index contributed by atoms with van der Waals surface area (Å²) < 4.78 is 6.03. The summed E-state index contributed by atoms with van der Waals surface area (Å²) in [5.74, 6) is 1.84. The lowest BCUT2D eigenvalue weighted by Gasteiger charge is -2.29. The molecule has 1 aliphatic carbocycles. The molecule has 0 saturated heterocycles. The molecule has 0 saturated carbocycles. The van der Waals surface area contributed by atoms with E-state index in [1.165, 1.54) is 24.0 Å². The summed E-state index contributed by atoms with van der Waals surface area (Å²) in [6.45, 7) is 9.20. The molecule has 2 heteroatoms. The second-order valence-corrected chi connectivity index (χ2v) is 7.11.